The topological polar surface area (TPSA) is 55.8 Å². The van der Waals surface area contributed by atoms with Gasteiger partial charge in [-0.05, 0) is 78.8 Å². The van der Waals surface area contributed by atoms with Gasteiger partial charge in [0, 0.05) is 41.1 Å². The fraction of sp³-hybridized carbons (Fsp3) is 0.412. The lowest BCUT2D eigenvalue weighted by molar-refractivity contribution is 0.0359. The highest BCUT2D eigenvalue weighted by molar-refractivity contribution is 7.98. The van der Waals surface area contributed by atoms with E-state index in [1.807, 2.05) is 36.0 Å². The molecule has 40 heavy (non-hydrogen) atoms. The highest BCUT2D eigenvalue weighted by Gasteiger charge is 2.44. The number of benzene rings is 3. The van der Waals surface area contributed by atoms with Gasteiger partial charge in [0.25, 0.3) is 5.91 Å². The molecule has 2 aliphatic rings. The van der Waals surface area contributed by atoms with Gasteiger partial charge in [-0.3, -0.25) is 4.79 Å². The molecule has 3 aromatic rings. The zero-order valence-corrected chi connectivity index (χ0v) is 24.7. The van der Waals surface area contributed by atoms with Gasteiger partial charge in [-0.2, -0.15) is 0 Å². The Bertz CT molecular complexity index is 1320. The third kappa shape index (κ3) is 6.38. The maximum atomic E-state index is 13.6. The Morgan fingerprint density at radius 2 is 1.50 bits per heavy atom. The van der Waals surface area contributed by atoms with E-state index in [4.69, 9.17) is 9.47 Å². The van der Waals surface area contributed by atoms with E-state index in [1.165, 1.54) is 16.0 Å². The van der Waals surface area contributed by atoms with E-state index in [1.54, 1.807) is 19.1 Å². The van der Waals surface area contributed by atoms with Gasteiger partial charge in [-0.25, -0.2) is 4.79 Å². The third-order valence-electron chi connectivity index (χ3n) is 7.88. The molecule has 2 fully saturated rings. The zero-order chi connectivity index (χ0) is 28.3. The van der Waals surface area contributed by atoms with Crippen molar-refractivity contribution < 1.29 is 19.1 Å². The molecule has 2 heterocycles. The smallest absolute Gasteiger partial charge is 0.338 e. The number of esters is 1. The molecule has 5 nitrogen and oxygen atoms in total. The molecule has 0 aliphatic carbocycles. The average molecular weight is 558 g/mol. The Balaban J connectivity index is 1.17. The standard InChI is InChI=1S/C34H39NO4S/c1-5-38-33(37)25-14-18-28(19-15-25)39-29-20-26-16-17-27(21-29)35(26)32(36)24-12-10-23(11-13-24)22-40-31-9-7-6-8-30(31)34(2,3)4/h6-15,18-19,26-27,29H,5,16-17,20-22H2,1-4H3/t26-,27+,29?. The average Bonchev–Trinajstić information content (AvgIpc) is 3.21. The summed E-state index contributed by atoms with van der Waals surface area (Å²) in [5.41, 5.74) is 3.97. The SMILES string of the molecule is CCOC(=O)c1ccc(OC2C[C@H]3CC[C@@H](C2)N3C(=O)c2ccc(CSc3ccccc3C(C)(C)C)cc2)cc1. The van der Waals surface area contributed by atoms with Crippen molar-refractivity contribution in [2.75, 3.05) is 6.61 Å². The van der Waals surface area contributed by atoms with Gasteiger partial charge in [0.1, 0.15) is 11.9 Å². The second kappa shape index (κ2) is 12.1. The number of rotatable bonds is 8. The van der Waals surface area contributed by atoms with Crippen LogP contribution in [-0.4, -0.2) is 41.6 Å². The molecule has 3 aromatic carbocycles. The first kappa shape index (κ1) is 28.3. The summed E-state index contributed by atoms with van der Waals surface area (Å²) in [4.78, 5) is 28.9. The van der Waals surface area contributed by atoms with Crippen LogP contribution in [0.3, 0.4) is 0 Å². The van der Waals surface area contributed by atoms with E-state index in [-0.39, 0.29) is 35.5 Å². The van der Waals surface area contributed by atoms with Gasteiger partial charge in [-0.1, -0.05) is 51.1 Å². The number of ether oxygens (including phenoxy) is 2. The lowest BCUT2D eigenvalue weighted by Crippen LogP contribution is -2.49. The van der Waals surface area contributed by atoms with Gasteiger partial charge in [0.15, 0.2) is 0 Å². The Morgan fingerprint density at radius 1 is 0.875 bits per heavy atom. The maximum Gasteiger partial charge on any atom is 0.338 e. The summed E-state index contributed by atoms with van der Waals surface area (Å²) in [7, 11) is 0. The van der Waals surface area contributed by atoms with Crippen LogP contribution in [-0.2, 0) is 15.9 Å². The van der Waals surface area contributed by atoms with Crippen LogP contribution in [0.1, 0.15) is 85.2 Å². The second-order valence-corrected chi connectivity index (χ2v) is 12.8. The monoisotopic (exact) mass is 557 g/mol. The second-order valence-electron chi connectivity index (χ2n) is 11.8. The normalized spacial score (nSPS) is 20.3. The quantitative estimate of drug-likeness (QED) is 0.210. The predicted octanol–water partition coefficient (Wildman–Crippen LogP) is 7.67. The molecule has 1 unspecified atom stereocenters. The van der Waals surface area contributed by atoms with Crippen molar-refractivity contribution in [2.45, 2.75) is 87.6 Å². The number of carbonyl (C=O) groups is 2. The number of piperidine rings is 1. The lowest BCUT2D eigenvalue weighted by atomic mass is 9.87. The van der Waals surface area contributed by atoms with Gasteiger partial charge < -0.3 is 14.4 Å². The molecule has 2 bridgehead atoms. The van der Waals surface area contributed by atoms with Gasteiger partial charge >= 0.3 is 5.97 Å². The Hall–Kier alpha value is -3.25. The number of thioether (sulfide) groups is 1. The predicted molar refractivity (Wildman–Crippen MR) is 160 cm³/mol. The van der Waals surface area contributed by atoms with E-state index < -0.39 is 0 Å². The molecule has 3 atom stereocenters. The lowest BCUT2D eigenvalue weighted by Gasteiger charge is -2.39. The summed E-state index contributed by atoms with van der Waals surface area (Å²) in [6, 6.07) is 24.3. The molecule has 0 radical (unpaired) electrons. The molecule has 0 aromatic heterocycles. The zero-order valence-electron chi connectivity index (χ0n) is 23.9. The van der Waals surface area contributed by atoms with Crippen LogP contribution in [0.4, 0.5) is 0 Å². The van der Waals surface area contributed by atoms with E-state index in [9.17, 15) is 9.59 Å². The van der Waals surface area contributed by atoms with Crippen LogP contribution in [0, 0.1) is 0 Å². The number of amides is 1. The highest BCUT2D eigenvalue weighted by atomic mass is 32.2. The van der Waals surface area contributed by atoms with Crippen LogP contribution in [0.5, 0.6) is 5.75 Å². The molecule has 5 rings (SSSR count). The summed E-state index contributed by atoms with van der Waals surface area (Å²) in [5, 5.41) is 0. The summed E-state index contributed by atoms with van der Waals surface area (Å²) < 4.78 is 11.3. The minimum absolute atomic E-state index is 0.0605. The molecule has 0 saturated carbocycles. The molecular weight excluding hydrogens is 518 g/mol. The number of carbonyl (C=O) groups excluding carboxylic acids is 2. The van der Waals surface area contributed by atoms with Gasteiger partial charge in [0.05, 0.1) is 12.2 Å². The van der Waals surface area contributed by atoms with Gasteiger partial charge in [0.2, 0.25) is 0 Å². The largest absolute Gasteiger partial charge is 0.490 e. The number of fused-ring (bicyclic) bond motifs is 2. The number of hydrogen-bond acceptors (Lipinski definition) is 5. The molecule has 1 amide bonds. The van der Waals surface area contributed by atoms with Crippen molar-refractivity contribution in [1.82, 2.24) is 4.90 Å². The molecular formula is C34H39NO4S. The molecule has 6 heteroatoms. The van der Waals surface area contributed by atoms with Crippen LogP contribution in [0.25, 0.3) is 0 Å². The van der Waals surface area contributed by atoms with E-state index >= 15 is 0 Å². The van der Waals surface area contributed by atoms with E-state index in [2.05, 4.69) is 62.1 Å². The third-order valence-corrected chi connectivity index (χ3v) is 9.03. The Labute approximate surface area is 242 Å². The minimum atomic E-state index is -0.323. The van der Waals surface area contributed by atoms with Crippen LogP contribution in [0.15, 0.2) is 77.7 Å². The van der Waals surface area contributed by atoms with Crippen LogP contribution >= 0.6 is 11.8 Å². The first-order valence-corrected chi connectivity index (χ1v) is 15.3. The summed E-state index contributed by atoms with van der Waals surface area (Å²) in [6.07, 6.45) is 3.73. The molecule has 2 aliphatic heterocycles. The summed E-state index contributed by atoms with van der Waals surface area (Å²) in [6.45, 7) is 8.90. The minimum Gasteiger partial charge on any atom is -0.490 e. The Morgan fingerprint density at radius 3 is 2.12 bits per heavy atom. The fourth-order valence-electron chi connectivity index (χ4n) is 5.90. The van der Waals surface area contributed by atoms with Crippen molar-refractivity contribution in [3.63, 3.8) is 0 Å². The van der Waals surface area contributed by atoms with E-state index in [0.717, 1.165) is 42.7 Å². The van der Waals surface area contributed by atoms with Crippen LogP contribution < -0.4 is 4.74 Å². The Kier molecular flexibility index (Phi) is 8.55. The maximum absolute atomic E-state index is 13.6. The number of hydrogen-bond donors (Lipinski definition) is 0. The highest BCUT2D eigenvalue weighted by Crippen LogP contribution is 2.39. The first-order valence-electron chi connectivity index (χ1n) is 14.3. The molecule has 2 saturated heterocycles. The summed E-state index contributed by atoms with van der Waals surface area (Å²) in [5.74, 6) is 1.42. The van der Waals surface area contributed by atoms with E-state index in [0.29, 0.717) is 12.2 Å². The first-order chi connectivity index (χ1) is 19.2. The van der Waals surface area contributed by atoms with Crippen molar-refractivity contribution in [3.8, 4) is 5.75 Å². The van der Waals surface area contributed by atoms with Crippen molar-refractivity contribution in [2.24, 2.45) is 0 Å². The van der Waals surface area contributed by atoms with Crippen molar-refractivity contribution in [3.05, 3.63) is 95.1 Å². The number of nitrogens with zero attached hydrogens (tertiary/aromatic N) is 1. The van der Waals surface area contributed by atoms with Crippen molar-refractivity contribution >= 4 is 23.6 Å². The summed E-state index contributed by atoms with van der Waals surface area (Å²) >= 11 is 1.85. The van der Waals surface area contributed by atoms with Crippen molar-refractivity contribution in [1.29, 1.82) is 0 Å². The van der Waals surface area contributed by atoms with Gasteiger partial charge in [-0.15, -0.1) is 11.8 Å². The molecule has 0 spiro atoms. The van der Waals surface area contributed by atoms with Crippen LogP contribution in [0.2, 0.25) is 0 Å². The molecule has 210 valence electrons. The molecule has 0 N–H and O–H groups in total. The fourth-order valence-corrected chi connectivity index (χ4v) is 7.12.